The smallest absolute Gasteiger partial charge is 0.251 e. The standard InChI is InChI=1S/C19H27BrN4O2/c1-2-21-19(22-14-15-5-3-6-16(20)13-15)24-10-8-23(9-11-24)18(25)17-7-4-12-26-17/h3,5-6,13,17H,2,4,7-12,14H2,1H3,(H,21,22). The number of carbonyl (C=O) groups excluding carboxylic acids is 1. The van der Waals surface area contributed by atoms with Crippen LogP contribution in [0.25, 0.3) is 0 Å². The number of carbonyl (C=O) groups is 1. The van der Waals surface area contributed by atoms with E-state index in [-0.39, 0.29) is 12.0 Å². The van der Waals surface area contributed by atoms with Gasteiger partial charge in [-0.2, -0.15) is 0 Å². The highest BCUT2D eigenvalue weighted by molar-refractivity contribution is 9.10. The minimum absolute atomic E-state index is 0.151. The Balaban J connectivity index is 1.57. The van der Waals surface area contributed by atoms with Gasteiger partial charge in [-0.15, -0.1) is 0 Å². The van der Waals surface area contributed by atoms with E-state index in [1.807, 2.05) is 17.0 Å². The number of piperazine rings is 1. The van der Waals surface area contributed by atoms with Crippen LogP contribution in [0.3, 0.4) is 0 Å². The first-order valence-corrected chi connectivity index (χ1v) is 10.1. The van der Waals surface area contributed by atoms with Crippen molar-refractivity contribution in [2.24, 2.45) is 4.99 Å². The molecule has 1 unspecified atom stereocenters. The van der Waals surface area contributed by atoms with E-state index in [0.29, 0.717) is 13.2 Å². The number of halogens is 1. The highest BCUT2D eigenvalue weighted by Crippen LogP contribution is 2.16. The third-order valence-corrected chi connectivity index (χ3v) is 5.22. The topological polar surface area (TPSA) is 57.2 Å². The van der Waals surface area contributed by atoms with E-state index < -0.39 is 0 Å². The molecular formula is C19H27BrN4O2. The highest BCUT2D eigenvalue weighted by atomic mass is 79.9. The van der Waals surface area contributed by atoms with Gasteiger partial charge in [0.1, 0.15) is 6.10 Å². The van der Waals surface area contributed by atoms with Crippen LogP contribution in [0, 0.1) is 0 Å². The molecule has 6 nitrogen and oxygen atoms in total. The minimum Gasteiger partial charge on any atom is -0.368 e. The van der Waals surface area contributed by atoms with Crippen LogP contribution in [0.5, 0.6) is 0 Å². The molecule has 0 bridgehead atoms. The molecule has 2 fully saturated rings. The Labute approximate surface area is 163 Å². The van der Waals surface area contributed by atoms with Crippen LogP contribution in [0.4, 0.5) is 0 Å². The third-order valence-electron chi connectivity index (χ3n) is 4.73. The van der Waals surface area contributed by atoms with Crippen LogP contribution < -0.4 is 5.32 Å². The number of hydrogen-bond acceptors (Lipinski definition) is 3. The van der Waals surface area contributed by atoms with Crippen molar-refractivity contribution in [1.82, 2.24) is 15.1 Å². The number of ether oxygens (including phenoxy) is 1. The fraction of sp³-hybridized carbons (Fsp3) is 0.579. The van der Waals surface area contributed by atoms with Gasteiger partial charge in [-0.25, -0.2) is 4.99 Å². The Bertz CT molecular complexity index is 638. The average molecular weight is 423 g/mol. The first-order chi connectivity index (χ1) is 12.7. The molecule has 1 aromatic carbocycles. The van der Waals surface area contributed by atoms with Crippen molar-refractivity contribution in [1.29, 1.82) is 0 Å². The molecule has 1 amide bonds. The summed E-state index contributed by atoms with van der Waals surface area (Å²) >= 11 is 3.50. The van der Waals surface area contributed by atoms with Gasteiger partial charge < -0.3 is 19.9 Å². The molecule has 2 saturated heterocycles. The van der Waals surface area contributed by atoms with Crippen molar-refractivity contribution in [3.63, 3.8) is 0 Å². The van der Waals surface area contributed by atoms with Gasteiger partial charge in [0.05, 0.1) is 6.54 Å². The predicted octanol–water partition coefficient (Wildman–Crippen LogP) is 2.24. The quantitative estimate of drug-likeness (QED) is 0.596. The van der Waals surface area contributed by atoms with Gasteiger partial charge >= 0.3 is 0 Å². The summed E-state index contributed by atoms with van der Waals surface area (Å²) < 4.78 is 6.60. The lowest BCUT2D eigenvalue weighted by atomic mass is 10.2. The average Bonchev–Trinajstić information content (AvgIpc) is 3.19. The van der Waals surface area contributed by atoms with Crippen molar-refractivity contribution in [2.45, 2.75) is 32.4 Å². The van der Waals surface area contributed by atoms with Crippen LogP contribution >= 0.6 is 15.9 Å². The number of nitrogens with zero attached hydrogens (tertiary/aromatic N) is 3. The van der Waals surface area contributed by atoms with Gasteiger partial charge in [0.25, 0.3) is 5.91 Å². The molecule has 1 atom stereocenters. The highest BCUT2D eigenvalue weighted by Gasteiger charge is 2.30. The normalized spacial score (nSPS) is 21.2. The van der Waals surface area contributed by atoms with Gasteiger partial charge in [0, 0.05) is 43.8 Å². The van der Waals surface area contributed by atoms with Gasteiger partial charge in [-0.05, 0) is 37.5 Å². The summed E-state index contributed by atoms with van der Waals surface area (Å²) in [5.74, 6) is 1.06. The van der Waals surface area contributed by atoms with E-state index in [9.17, 15) is 4.79 Å². The molecule has 0 saturated carbocycles. The van der Waals surface area contributed by atoms with Crippen molar-refractivity contribution in [2.75, 3.05) is 39.3 Å². The van der Waals surface area contributed by atoms with Crippen LogP contribution in [-0.2, 0) is 16.1 Å². The molecule has 1 aromatic rings. The second kappa shape index (κ2) is 9.37. The van der Waals surface area contributed by atoms with Gasteiger partial charge in [0.15, 0.2) is 5.96 Å². The summed E-state index contributed by atoms with van der Waals surface area (Å²) in [4.78, 5) is 21.4. The summed E-state index contributed by atoms with van der Waals surface area (Å²) in [6.45, 7) is 7.28. The van der Waals surface area contributed by atoms with Crippen molar-refractivity contribution >= 4 is 27.8 Å². The first-order valence-electron chi connectivity index (χ1n) is 9.35. The number of guanidine groups is 1. The zero-order valence-electron chi connectivity index (χ0n) is 15.3. The first kappa shape index (κ1) is 19.2. The summed E-state index contributed by atoms with van der Waals surface area (Å²) in [6.07, 6.45) is 1.62. The fourth-order valence-corrected chi connectivity index (χ4v) is 3.79. The lowest BCUT2D eigenvalue weighted by Gasteiger charge is -2.37. The van der Waals surface area contributed by atoms with E-state index in [2.05, 4.69) is 45.2 Å². The number of aliphatic imine (C=N–C) groups is 1. The molecule has 2 heterocycles. The Morgan fingerprint density at radius 3 is 2.73 bits per heavy atom. The van der Waals surface area contributed by atoms with Gasteiger partial charge in [-0.3, -0.25) is 4.79 Å². The largest absolute Gasteiger partial charge is 0.368 e. The molecule has 142 valence electrons. The molecule has 7 heteroatoms. The number of benzene rings is 1. The van der Waals surface area contributed by atoms with E-state index in [1.54, 1.807) is 0 Å². The van der Waals surface area contributed by atoms with Gasteiger partial charge in [-0.1, -0.05) is 28.1 Å². The maximum atomic E-state index is 12.5. The summed E-state index contributed by atoms with van der Waals surface area (Å²) in [6, 6.07) is 8.21. The summed E-state index contributed by atoms with van der Waals surface area (Å²) in [5, 5.41) is 3.37. The summed E-state index contributed by atoms with van der Waals surface area (Å²) in [7, 11) is 0. The number of rotatable bonds is 4. The van der Waals surface area contributed by atoms with Crippen LogP contribution in [-0.4, -0.2) is 67.1 Å². The number of amides is 1. The summed E-state index contributed by atoms with van der Waals surface area (Å²) in [5.41, 5.74) is 1.17. The molecule has 3 rings (SSSR count). The zero-order valence-corrected chi connectivity index (χ0v) is 16.9. The van der Waals surface area contributed by atoms with Crippen LogP contribution in [0.1, 0.15) is 25.3 Å². The maximum Gasteiger partial charge on any atom is 0.251 e. The molecular weight excluding hydrogens is 396 g/mol. The Kier molecular flexibility index (Phi) is 6.91. The zero-order chi connectivity index (χ0) is 18.4. The lowest BCUT2D eigenvalue weighted by Crippen LogP contribution is -2.55. The number of hydrogen-bond donors (Lipinski definition) is 1. The third kappa shape index (κ3) is 4.98. The molecule has 26 heavy (non-hydrogen) atoms. The van der Waals surface area contributed by atoms with Gasteiger partial charge in [0.2, 0.25) is 0 Å². The fourth-order valence-electron chi connectivity index (χ4n) is 3.34. The Morgan fingerprint density at radius 2 is 2.08 bits per heavy atom. The molecule has 2 aliphatic heterocycles. The second-order valence-corrected chi connectivity index (χ2v) is 7.53. The van der Waals surface area contributed by atoms with Crippen LogP contribution in [0.2, 0.25) is 0 Å². The predicted molar refractivity (Wildman–Crippen MR) is 106 cm³/mol. The molecule has 2 aliphatic rings. The van der Waals surface area contributed by atoms with Crippen molar-refractivity contribution in [3.8, 4) is 0 Å². The lowest BCUT2D eigenvalue weighted by molar-refractivity contribution is -0.142. The second-order valence-electron chi connectivity index (χ2n) is 6.61. The van der Waals surface area contributed by atoms with Crippen molar-refractivity contribution in [3.05, 3.63) is 34.3 Å². The monoisotopic (exact) mass is 422 g/mol. The molecule has 0 spiro atoms. The number of nitrogens with one attached hydrogen (secondary N) is 1. The van der Waals surface area contributed by atoms with E-state index in [4.69, 9.17) is 9.73 Å². The van der Waals surface area contributed by atoms with E-state index in [1.165, 1.54) is 5.56 Å². The maximum absolute atomic E-state index is 12.5. The molecule has 0 aliphatic carbocycles. The minimum atomic E-state index is -0.222. The SMILES string of the molecule is CCNC(=NCc1cccc(Br)c1)N1CCN(C(=O)C2CCCO2)CC1. The molecule has 0 radical (unpaired) electrons. The van der Waals surface area contributed by atoms with Crippen LogP contribution in [0.15, 0.2) is 33.7 Å². The molecule has 1 N–H and O–H groups in total. The Hall–Kier alpha value is -1.60. The van der Waals surface area contributed by atoms with E-state index in [0.717, 1.165) is 56.0 Å². The molecule has 0 aromatic heterocycles. The van der Waals surface area contributed by atoms with Crippen molar-refractivity contribution < 1.29 is 9.53 Å². The Morgan fingerprint density at radius 1 is 1.31 bits per heavy atom. The van der Waals surface area contributed by atoms with E-state index >= 15 is 0 Å².